The number of aliphatic hydroxyl groups is 1. The van der Waals surface area contributed by atoms with Gasteiger partial charge in [-0.05, 0) is 30.9 Å². The Balaban J connectivity index is 2.41. The predicted octanol–water partition coefficient (Wildman–Crippen LogP) is 2.38. The van der Waals surface area contributed by atoms with Crippen LogP contribution in [0.2, 0.25) is 0 Å². The van der Waals surface area contributed by atoms with Crippen LogP contribution >= 0.6 is 0 Å². The Morgan fingerprint density at radius 3 is 2.89 bits per heavy atom. The van der Waals surface area contributed by atoms with E-state index in [2.05, 4.69) is 20.4 Å². The van der Waals surface area contributed by atoms with Crippen LogP contribution in [0.25, 0.3) is 0 Å². The Hall–Kier alpha value is -1.35. The van der Waals surface area contributed by atoms with E-state index in [0.717, 1.165) is 5.57 Å². The topological polar surface area (TPSA) is 46.5 Å². The lowest BCUT2D eigenvalue weighted by Crippen LogP contribution is -2.37. The predicted molar refractivity (Wildman–Crippen MR) is 69.8 cm³/mol. The molecule has 98 valence electrons. The summed E-state index contributed by atoms with van der Waals surface area (Å²) in [5, 5.41) is 9.81. The van der Waals surface area contributed by atoms with Gasteiger partial charge in [0.15, 0.2) is 0 Å². The fourth-order valence-corrected chi connectivity index (χ4v) is 2.99. The van der Waals surface area contributed by atoms with E-state index in [1.807, 2.05) is 13.0 Å². The van der Waals surface area contributed by atoms with Gasteiger partial charge in [0.05, 0.1) is 6.10 Å². The molecule has 3 atom stereocenters. The molecule has 2 aliphatic rings. The molecule has 0 saturated carbocycles. The summed E-state index contributed by atoms with van der Waals surface area (Å²) in [5.74, 6) is -0.284. The molecule has 2 rings (SSSR count). The van der Waals surface area contributed by atoms with Crippen LogP contribution in [0.1, 0.15) is 27.2 Å². The third-order valence-corrected chi connectivity index (χ3v) is 3.84. The first kappa shape index (κ1) is 13.1. The number of aliphatic hydroxyl groups excluding tert-OH is 1. The van der Waals surface area contributed by atoms with Crippen molar-refractivity contribution in [2.75, 3.05) is 0 Å². The molecule has 0 aromatic heterocycles. The van der Waals surface area contributed by atoms with E-state index < -0.39 is 6.10 Å². The molecule has 1 heterocycles. The lowest BCUT2D eigenvalue weighted by molar-refractivity contribution is -0.137. The maximum atomic E-state index is 11.9. The molecule has 0 unspecified atom stereocenters. The number of rotatable bonds is 2. The van der Waals surface area contributed by atoms with Gasteiger partial charge in [0, 0.05) is 11.5 Å². The number of esters is 1. The average molecular weight is 248 g/mol. The zero-order valence-electron chi connectivity index (χ0n) is 11.1. The van der Waals surface area contributed by atoms with Crippen LogP contribution in [0.15, 0.2) is 36.0 Å². The summed E-state index contributed by atoms with van der Waals surface area (Å²) >= 11 is 0. The van der Waals surface area contributed by atoms with Crippen LogP contribution in [0.5, 0.6) is 0 Å². The fraction of sp³-hybridized carbons (Fsp3) is 0.533. The quantitative estimate of drug-likeness (QED) is 0.603. The molecule has 0 aromatic rings. The zero-order valence-corrected chi connectivity index (χ0v) is 11.1. The number of carbonyl (C=O) groups is 1. The minimum atomic E-state index is -0.554. The Labute approximate surface area is 108 Å². The van der Waals surface area contributed by atoms with E-state index in [0.29, 0.717) is 12.0 Å². The molecule has 1 N–H and O–H groups in total. The summed E-state index contributed by atoms with van der Waals surface area (Å²) in [6.07, 6.45) is 5.19. The molecule has 18 heavy (non-hydrogen) atoms. The summed E-state index contributed by atoms with van der Waals surface area (Å²) < 4.78 is 5.42. The number of hydrogen-bond acceptors (Lipinski definition) is 3. The Morgan fingerprint density at radius 2 is 2.28 bits per heavy atom. The first-order valence-electron chi connectivity index (χ1n) is 6.27. The first-order chi connectivity index (χ1) is 8.35. The van der Waals surface area contributed by atoms with Gasteiger partial charge in [0.25, 0.3) is 0 Å². The van der Waals surface area contributed by atoms with Crippen molar-refractivity contribution in [1.29, 1.82) is 0 Å². The van der Waals surface area contributed by atoms with E-state index >= 15 is 0 Å². The monoisotopic (exact) mass is 248 g/mol. The fourth-order valence-electron chi connectivity index (χ4n) is 2.99. The van der Waals surface area contributed by atoms with Gasteiger partial charge in [0.2, 0.25) is 0 Å². The van der Waals surface area contributed by atoms with Crippen LogP contribution in [-0.2, 0) is 9.53 Å². The van der Waals surface area contributed by atoms with Crippen LogP contribution in [-0.4, -0.2) is 23.3 Å². The van der Waals surface area contributed by atoms with Crippen molar-refractivity contribution in [2.45, 2.75) is 39.4 Å². The van der Waals surface area contributed by atoms with E-state index in [4.69, 9.17) is 4.74 Å². The van der Waals surface area contributed by atoms with Gasteiger partial charge in [0.1, 0.15) is 6.10 Å². The molecule has 1 saturated heterocycles. The minimum Gasteiger partial charge on any atom is -0.454 e. The second-order valence-corrected chi connectivity index (χ2v) is 5.84. The van der Waals surface area contributed by atoms with E-state index in [-0.39, 0.29) is 23.4 Å². The lowest BCUT2D eigenvalue weighted by atomic mass is 9.66. The highest BCUT2D eigenvalue weighted by molar-refractivity contribution is 5.92. The second-order valence-electron chi connectivity index (χ2n) is 5.84. The van der Waals surface area contributed by atoms with Gasteiger partial charge in [-0.25, -0.2) is 4.79 Å². The highest BCUT2D eigenvalue weighted by Crippen LogP contribution is 2.48. The maximum Gasteiger partial charge on any atom is 0.334 e. The molecule has 1 aliphatic heterocycles. The van der Waals surface area contributed by atoms with Gasteiger partial charge in [-0.2, -0.15) is 0 Å². The highest BCUT2D eigenvalue weighted by Gasteiger charge is 2.50. The summed E-state index contributed by atoms with van der Waals surface area (Å²) in [5.41, 5.74) is 1.46. The average Bonchev–Trinajstić information content (AvgIpc) is 2.54. The Morgan fingerprint density at radius 1 is 1.61 bits per heavy atom. The van der Waals surface area contributed by atoms with Crippen LogP contribution in [0.3, 0.4) is 0 Å². The van der Waals surface area contributed by atoms with E-state index in [1.165, 1.54) is 0 Å². The third kappa shape index (κ3) is 2.15. The summed E-state index contributed by atoms with van der Waals surface area (Å²) in [6, 6.07) is 0. The highest BCUT2D eigenvalue weighted by atomic mass is 16.6. The van der Waals surface area contributed by atoms with Gasteiger partial charge in [-0.15, -0.1) is 0 Å². The number of ether oxygens (including phenoxy) is 1. The van der Waals surface area contributed by atoms with Gasteiger partial charge in [-0.3, -0.25) is 0 Å². The number of hydrogen-bond donors (Lipinski definition) is 1. The number of allylic oxidation sites excluding steroid dienone is 2. The van der Waals surface area contributed by atoms with Gasteiger partial charge < -0.3 is 9.84 Å². The lowest BCUT2D eigenvalue weighted by Gasteiger charge is -2.38. The second kappa shape index (κ2) is 4.39. The first-order valence-corrected chi connectivity index (χ1v) is 6.27. The van der Waals surface area contributed by atoms with E-state index in [1.54, 1.807) is 12.2 Å². The zero-order chi connectivity index (χ0) is 13.5. The van der Waals surface area contributed by atoms with E-state index in [9.17, 15) is 9.90 Å². The molecule has 0 bridgehead atoms. The van der Waals surface area contributed by atoms with Crippen molar-refractivity contribution in [1.82, 2.24) is 0 Å². The molecule has 0 aromatic carbocycles. The standard InChI is InChI=1S/C15H20O3/c1-5-9(2)6-12-13-11(14(17)18-12)7-10(16)8-15(13,3)4/h5-7,10,12-13,16H,1,8H2,2-4H3/b9-6+/t10-,12-,13+/m0/s1. The van der Waals surface area contributed by atoms with Gasteiger partial charge >= 0.3 is 5.97 Å². The Bertz CT molecular complexity index is 443. The van der Waals surface area contributed by atoms with Crippen molar-refractivity contribution in [3.63, 3.8) is 0 Å². The molecule has 0 amide bonds. The molecular formula is C15H20O3. The van der Waals surface area contributed by atoms with Crippen LogP contribution < -0.4 is 0 Å². The molecule has 0 radical (unpaired) electrons. The smallest absolute Gasteiger partial charge is 0.334 e. The summed E-state index contributed by atoms with van der Waals surface area (Å²) in [4.78, 5) is 11.9. The molecular weight excluding hydrogens is 228 g/mol. The number of carbonyl (C=O) groups excluding carboxylic acids is 1. The Kier molecular flexibility index (Phi) is 3.20. The number of cyclic esters (lactones) is 1. The van der Waals surface area contributed by atoms with Crippen LogP contribution in [0.4, 0.5) is 0 Å². The molecule has 1 aliphatic carbocycles. The SMILES string of the molecule is C=C/C(C)=C/[C@@H]1OC(=O)C2=C[C@H](O)CC(C)(C)[C@H]21. The maximum absolute atomic E-state index is 11.9. The number of fused-ring (bicyclic) bond motifs is 1. The summed E-state index contributed by atoms with van der Waals surface area (Å²) in [6.45, 7) is 9.79. The van der Waals surface area contributed by atoms with Crippen molar-refractivity contribution < 1.29 is 14.6 Å². The molecule has 1 fully saturated rings. The van der Waals surface area contributed by atoms with Crippen molar-refractivity contribution >= 4 is 5.97 Å². The third-order valence-electron chi connectivity index (χ3n) is 3.84. The molecule has 0 spiro atoms. The minimum absolute atomic E-state index is 0.0169. The van der Waals surface area contributed by atoms with Crippen LogP contribution in [0, 0.1) is 11.3 Å². The van der Waals surface area contributed by atoms with Crippen molar-refractivity contribution in [3.8, 4) is 0 Å². The normalized spacial score (nSPS) is 34.7. The van der Waals surface area contributed by atoms with Gasteiger partial charge in [-0.1, -0.05) is 32.1 Å². The summed E-state index contributed by atoms with van der Waals surface area (Å²) in [7, 11) is 0. The van der Waals surface area contributed by atoms with Crippen molar-refractivity contribution in [2.24, 2.45) is 11.3 Å². The van der Waals surface area contributed by atoms with Crippen molar-refractivity contribution in [3.05, 3.63) is 36.0 Å². The molecule has 3 nitrogen and oxygen atoms in total. The molecule has 3 heteroatoms. The largest absolute Gasteiger partial charge is 0.454 e.